The third kappa shape index (κ3) is 2.21. The van der Waals surface area contributed by atoms with E-state index in [1.807, 2.05) is 6.08 Å². The lowest BCUT2D eigenvalue weighted by Crippen LogP contribution is -2.18. The normalized spacial score (nSPS) is 14.9. The Labute approximate surface area is 98.8 Å². The molecule has 1 amide bonds. The molecule has 1 heterocycles. The summed E-state index contributed by atoms with van der Waals surface area (Å²) in [6.45, 7) is 0. The first kappa shape index (κ1) is 11.8. The summed E-state index contributed by atoms with van der Waals surface area (Å²) in [5.41, 5.74) is 1.87. The molecule has 0 atom stereocenters. The van der Waals surface area contributed by atoms with Crippen molar-refractivity contribution in [3.05, 3.63) is 35.9 Å². The number of amides is 1. The van der Waals surface area contributed by atoms with Crippen LogP contribution in [0.2, 0.25) is 0 Å². The maximum Gasteiger partial charge on any atom is 0.230 e. The van der Waals surface area contributed by atoms with Crippen molar-refractivity contribution in [1.82, 2.24) is 4.90 Å². The smallest absolute Gasteiger partial charge is 0.230 e. The van der Waals surface area contributed by atoms with Crippen molar-refractivity contribution in [2.24, 2.45) is 0 Å². The lowest BCUT2D eigenvalue weighted by molar-refractivity contribution is -0.125. The van der Waals surface area contributed by atoms with Crippen molar-refractivity contribution in [2.45, 2.75) is 6.42 Å². The quantitative estimate of drug-likeness (QED) is 0.849. The van der Waals surface area contributed by atoms with Gasteiger partial charge in [-0.3, -0.25) is 4.79 Å². The number of rotatable bonds is 1. The van der Waals surface area contributed by atoms with Crippen molar-refractivity contribution < 1.29 is 9.90 Å². The lowest BCUT2D eigenvalue weighted by Gasteiger charge is -2.14. The maximum absolute atomic E-state index is 11.2. The molecule has 3 nitrogen and oxygen atoms in total. The molecule has 1 aromatic rings. The second-order valence-corrected chi connectivity index (χ2v) is 3.29. The van der Waals surface area contributed by atoms with E-state index >= 15 is 0 Å². The van der Waals surface area contributed by atoms with E-state index in [4.69, 9.17) is 5.11 Å². The van der Waals surface area contributed by atoms with E-state index < -0.39 is 0 Å². The largest absolute Gasteiger partial charge is 0.508 e. The lowest BCUT2D eigenvalue weighted by atomic mass is 10.1. The SMILES string of the molecule is Br.CN1C(=O)CC=C1c1ccc(O)cc1. The molecule has 1 aliphatic heterocycles. The second kappa shape index (κ2) is 4.49. The molecule has 0 aromatic heterocycles. The van der Waals surface area contributed by atoms with Crippen LogP contribution in [-0.2, 0) is 4.79 Å². The Morgan fingerprint density at radius 3 is 2.33 bits per heavy atom. The molecule has 0 aliphatic carbocycles. The van der Waals surface area contributed by atoms with E-state index in [0.717, 1.165) is 11.3 Å². The Hall–Kier alpha value is -1.29. The van der Waals surface area contributed by atoms with Crippen molar-refractivity contribution in [3.8, 4) is 5.75 Å². The summed E-state index contributed by atoms with van der Waals surface area (Å²) in [4.78, 5) is 12.9. The summed E-state index contributed by atoms with van der Waals surface area (Å²) in [6.07, 6.45) is 2.36. The van der Waals surface area contributed by atoms with Crippen molar-refractivity contribution >= 4 is 28.6 Å². The van der Waals surface area contributed by atoms with E-state index in [9.17, 15) is 4.79 Å². The van der Waals surface area contributed by atoms with Gasteiger partial charge in [0.05, 0.1) is 0 Å². The Kier molecular flexibility index (Phi) is 3.52. The molecular weight excluding hydrogens is 258 g/mol. The molecule has 15 heavy (non-hydrogen) atoms. The average molecular weight is 270 g/mol. The van der Waals surface area contributed by atoms with Gasteiger partial charge in [0.1, 0.15) is 5.75 Å². The number of carbonyl (C=O) groups is 1. The topological polar surface area (TPSA) is 40.5 Å². The summed E-state index contributed by atoms with van der Waals surface area (Å²) in [7, 11) is 1.76. The number of carbonyl (C=O) groups excluding carboxylic acids is 1. The molecule has 4 heteroatoms. The Balaban J connectivity index is 0.00000112. The number of phenolic OH excluding ortho intramolecular Hbond substituents is 1. The van der Waals surface area contributed by atoms with Gasteiger partial charge >= 0.3 is 0 Å². The van der Waals surface area contributed by atoms with E-state index in [-0.39, 0.29) is 28.6 Å². The molecule has 0 unspecified atom stereocenters. The van der Waals surface area contributed by atoms with Gasteiger partial charge in [-0.15, -0.1) is 17.0 Å². The maximum atomic E-state index is 11.2. The first-order valence-corrected chi connectivity index (χ1v) is 4.44. The van der Waals surface area contributed by atoms with Gasteiger partial charge in [-0.05, 0) is 29.8 Å². The Bertz CT molecular complexity index is 398. The van der Waals surface area contributed by atoms with Crippen molar-refractivity contribution in [1.29, 1.82) is 0 Å². The number of phenols is 1. The fourth-order valence-corrected chi connectivity index (χ4v) is 1.54. The van der Waals surface area contributed by atoms with Crippen LogP contribution in [0.25, 0.3) is 5.70 Å². The third-order valence-electron chi connectivity index (χ3n) is 2.37. The molecule has 80 valence electrons. The van der Waals surface area contributed by atoms with Crippen LogP contribution < -0.4 is 0 Å². The summed E-state index contributed by atoms with van der Waals surface area (Å²) >= 11 is 0. The minimum atomic E-state index is 0. The zero-order chi connectivity index (χ0) is 10.1. The summed E-state index contributed by atoms with van der Waals surface area (Å²) < 4.78 is 0. The van der Waals surface area contributed by atoms with Crippen LogP contribution in [0.3, 0.4) is 0 Å². The van der Waals surface area contributed by atoms with E-state index in [1.165, 1.54) is 0 Å². The fraction of sp³-hybridized carbons (Fsp3) is 0.182. The van der Waals surface area contributed by atoms with Crippen LogP contribution in [0.5, 0.6) is 5.75 Å². The highest BCUT2D eigenvalue weighted by Gasteiger charge is 2.20. The van der Waals surface area contributed by atoms with Gasteiger partial charge in [0.25, 0.3) is 0 Å². The molecule has 0 spiro atoms. The molecule has 1 N–H and O–H groups in total. The van der Waals surface area contributed by atoms with Crippen LogP contribution in [-0.4, -0.2) is 23.0 Å². The predicted octanol–water partition coefficient (Wildman–Crippen LogP) is 2.17. The standard InChI is InChI=1S/C11H11NO2.BrH/c1-12-10(6-7-11(12)14)8-2-4-9(13)5-3-8;/h2-6,13H,7H2,1H3;1H. The van der Waals surface area contributed by atoms with Crippen molar-refractivity contribution in [2.75, 3.05) is 7.05 Å². The molecule has 1 aromatic carbocycles. The molecule has 0 bridgehead atoms. The van der Waals surface area contributed by atoms with E-state index in [2.05, 4.69) is 0 Å². The second-order valence-electron chi connectivity index (χ2n) is 3.29. The predicted molar refractivity (Wildman–Crippen MR) is 63.8 cm³/mol. The Morgan fingerprint density at radius 1 is 1.27 bits per heavy atom. The zero-order valence-corrected chi connectivity index (χ0v) is 10.0. The van der Waals surface area contributed by atoms with Crippen LogP contribution in [0.15, 0.2) is 30.3 Å². The zero-order valence-electron chi connectivity index (χ0n) is 8.30. The van der Waals surface area contributed by atoms with Crippen LogP contribution >= 0.6 is 17.0 Å². The fourth-order valence-electron chi connectivity index (χ4n) is 1.54. The average Bonchev–Trinajstić information content (AvgIpc) is 2.50. The minimum absolute atomic E-state index is 0. The van der Waals surface area contributed by atoms with Gasteiger partial charge in [0.2, 0.25) is 5.91 Å². The summed E-state index contributed by atoms with van der Waals surface area (Å²) in [5.74, 6) is 0.342. The Morgan fingerprint density at radius 2 is 1.87 bits per heavy atom. The van der Waals surface area contributed by atoms with E-state index in [0.29, 0.717) is 6.42 Å². The van der Waals surface area contributed by atoms with Gasteiger partial charge in [0.15, 0.2) is 0 Å². The molecule has 1 aliphatic rings. The highest BCUT2D eigenvalue weighted by molar-refractivity contribution is 8.93. The number of aromatic hydroxyl groups is 1. The van der Waals surface area contributed by atoms with Gasteiger partial charge in [-0.2, -0.15) is 0 Å². The van der Waals surface area contributed by atoms with Crippen LogP contribution in [0.1, 0.15) is 12.0 Å². The molecule has 0 saturated carbocycles. The highest BCUT2D eigenvalue weighted by atomic mass is 79.9. The first-order chi connectivity index (χ1) is 6.68. The first-order valence-electron chi connectivity index (χ1n) is 4.44. The number of halogens is 1. The number of hydrogen-bond acceptors (Lipinski definition) is 2. The van der Waals surface area contributed by atoms with Gasteiger partial charge in [-0.1, -0.05) is 6.08 Å². The molecular formula is C11H12BrNO2. The number of hydrogen-bond donors (Lipinski definition) is 1. The summed E-state index contributed by atoms with van der Waals surface area (Å²) in [5, 5.41) is 9.12. The number of nitrogens with zero attached hydrogens (tertiary/aromatic N) is 1. The summed E-state index contributed by atoms with van der Waals surface area (Å²) in [6, 6.07) is 6.84. The van der Waals surface area contributed by atoms with Gasteiger partial charge in [0, 0.05) is 19.2 Å². The van der Waals surface area contributed by atoms with Crippen LogP contribution in [0, 0.1) is 0 Å². The minimum Gasteiger partial charge on any atom is -0.508 e. The highest BCUT2D eigenvalue weighted by Crippen LogP contribution is 2.25. The van der Waals surface area contributed by atoms with Gasteiger partial charge < -0.3 is 10.0 Å². The molecule has 0 radical (unpaired) electrons. The van der Waals surface area contributed by atoms with E-state index in [1.54, 1.807) is 36.2 Å². The molecule has 2 rings (SSSR count). The molecule has 0 saturated heterocycles. The van der Waals surface area contributed by atoms with Crippen LogP contribution in [0.4, 0.5) is 0 Å². The van der Waals surface area contributed by atoms with Gasteiger partial charge in [-0.25, -0.2) is 0 Å². The monoisotopic (exact) mass is 269 g/mol. The van der Waals surface area contributed by atoms with Crippen molar-refractivity contribution in [3.63, 3.8) is 0 Å². The third-order valence-corrected chi connectivity index (χ3v) is 2.37. The molecule has 0 fully saturated rings. The number of benzene rings is 1.